The van der Waals surface area contributed by atoms with Crippen LogP contribution in [-0.4, -0.2) is 39.9 Å². The number of hydrogen-bond donors (Lipinski definition) is 2. The van der Waals surface area contributed by atoms with E-state index in [1.165, 1.54) is 6.33 Å². The SMILES string of the molecule is CC(C)C1NCCN(Cc2ccc3c(N)ncnc3c2)C1=O. The number of nitrogen functional groups attached to an aromatic ring is 1. The van der Waals surface area contributed by atoms with Crippen LogP contribution in [0.4, 0.5) is 5.82 Å². The largest absolute Gasteiger partial charge is 0.383 e. The zero-order valence-corrected chi connectivity index (χ0v) is 12.9. The van der Waals surface area contributed by atoms with Gasteiger partial charge in [-0.25, -0.2) is 9.97 Å². The van der Waals surface area contributed by atoms with Gasteiger partial charge in [0.05, 0.1) is 11.6 Å². The fourth-order valence-electron chi connectivity index (χ4n) is 2.87. The Hall–Kier alpha value is -2.21. The van der Waals surface area contributed by atoms with Crippen LogP contribution in [0.2, 0.25) is 0 Å². The van der Waals surface area contributed by atoms with E-state index in [1.807, 2.05) is 23.1 Å². The van der Waals surface area contributed by atoms with Gasteiger partial charge in [-0.15, -0.1) is 0 Å². The third-order valence-corrected chi connectivity index (χ3v) is 4.10. The summed E-state index contributed by atoms with van der Waals surface area (Å²) in [6.07, 6.45) is 1.46. The molecular weight excluding hydrogens is 278 g/mol. The minimum Gasteiger partial charge on any atom is -0.383 e. The Balaban J connectivity index is 1.82. The average Bonchev–Trinajstić information content (AvgIpc) is 2.49. The molecule has 3 rings (SSSR count). The number of anilines is 1. The number of amides is 1. The average molecular weight is 299 g/mol. The lowest BCUT2D eigenvalue weighted by Crippen LogP contribution is -2.56. The van der Waals surface area contributed by atoms with Crippen LogP contribution in [0.5, 0.6) is 0 Å². The maximum Gasteiger partial charge on any atom is 0.240 e. The number of benzene rings is 1. The number of hydrogen-bond acceptors (Lipinski definition) is 5. The molecule has 1 unspecified atom stereocenters. The van der Waals surface area contributed by atoms with Gasteiger partial charge in [0.25, 0.3) is 0 Å². The maximum absolute atomic E-state index is 12.5. The molecule has 0 aliphatic carbocycles. The first-order valence-electron chi connectivity index (χ1n) is 7.57. The first-order chi connectivity index (χ1) is 10.6. The number of rotatable bonds is 3. The molecule has 1 atom stereocenters. The summed E-state index contributed by atoms with van der Waals surface area (Å²) in [6, 6.07) is 5.80. The summed E-state index contributed by atoms with van der Waals surface area (Å²) in [5.41, 5.74) is 7.71. The topological polar surface area (TPSA) is 84.1 Å². The number of piperazine rings is 1. The summed E-state index contributed by atoms with van der Waals surface area (Å²) in [7, 11) is 0. The number of nitrogens with two attached hydrogens (primary N) is 1. The molecule has 22 heavy (non-hydrogen) atoms. The smallest absolute Gasteiger partial charge is 0.240 e. The normalized spacial score (nSPS) is 19.1. The molecule has 116 valence electrons. The van der Waals surface area contributed by atoms with Gasteiger partial charge in [-0.1, -0.05) is 19.9 Å². The third kappa shape index (κ3) is 2.74. The first kappa shape index (κ1) is 14.7. The predicted molar refractivity (Wildman–Crippen MR) is 86.0 cm³/mol. The minimum absolute atomic E-state index is 0.0906. The van der Waals surface area contributed by atoms with Crippen molar-refractivity contribution in [2.45, 2.75) is 26.4 Å². The molecule has 1 saturated heterocycles. The van der Waals surface area contributed by atoms with Crippen LogP contribution in [0, 0.1) is 5.92 Å². The molecule has 1 aliphatic heterocycles. The summed E-state index contributed by atoms with van der Waals surface area (Å²) in [6.45, 7) is 6.29. The van der Waals surface area contributed by atoms with Crippen LogP contribution < -0.4 is 11.1 Å². The lowest BCUT2D eigenvalue weighted by atomic mass is 10.0. The van der Waals surface area contributed by atoms with Gasteiger partial charge >= 0.3 is 0 Å². The van der Waals surface area contributed by atoms with Crippen molar-refractivity contribution in [3.05, 3.63) is 30.1 Å². The molecule has 1 amide bonds. The van der Waals surface area contributed by atoms with Gasteiger partial charge in [0.1, 0.15) is 12.1 Å². The van der Waals surface area contributed by atoms with Crippen LogP contribution >= 0.6 is 0 Å². The molecule has 3 N–H and O–H groups in total. The Morgan fingerprint density at radius 2 is 2.23 bits per heavy atom. The lowest BCUT2D eigenvalue weighted by Gasteiger charge is -2.35. The van der Waals surface area contributed by atoms with Crippen LogP contribution in [-0.2, 0) is 11.3 Å². The second kappa shape index (κ2) is 5.88. The highest BCUT2D eigenvalue weighted by Crippen LogP contribution is 2.20. The monoisotopic (exact) mass is 299 g/mol. The molecular formula is C16H21N5O. The van der Waals surface area contributed by atoms with E-state index >= 15 is 0 Å². The first-order valence-corrected chi connectivity index (χ1v) is 7.57. The third-order valence-electron chi connectivity index (χ3n) is 4.10. The van der Waals surface area contributed by atoms with Crippen molar-refractivity contribution in [1.82, 2.24) is 20.2 Å². The zero-order valence-electron chi connectivity index (χ0n) is 12.9. The summed E-state index contributed by atoms with van der Waals surface area (Å²) in [5, 5.41) is 4.14. The van der Waals surface area contributed by atoms with E-state index in [2.05, 4.69) is 29.1 Å². The highest BCUT2D eigenvalue weighted by Gasteiger charge is 2.30. The molecule has 1 aliphatic rings. The van der Waals surface area contributed by atoms with E-state index in [0.717, 1.165) is 29.6 Å². The Bertz CT molecular complexity index is 700. The van der Waals surface area contributed by atoms with Gasteiger partial charge in [-0.2, -0.15) is 0 Å². The standard InChI is InChI=1S/C16H21N5O/c1-10(2)14-16(22)21(6-5-18-14)8-11-3-4-12-13(7-11)19-9-20-15(12)17/h3-4,7,9-10,14,18H,5-6,8H2,1-2H3,(H2,17,19,20). The molecule has 1 aromatic heterocycles. The second-order valence-electron chi connectivity index (χ2n) is 6.05. The van der Waals surface area contributed by atoms with Crippen molar-refractivity contribution in [2.75, 3.05) is 18.8 Å². The molecule has 0 saturated carbocycles. The maximum atomic E-state index is 12.5. The fraction of sp³-hybridized carbons (Fsp3) is 0.438. The minimum atomic E-state index is -0.0906. The fourth-order valence-corrected chi connectivity index (χ4v) is 2.87. The molecule has 0 bridgehead atoms. The summed E-state index contributed by atoms with van der Waals surface area (Å²) < 4.78 is 0. The number of aromatic nitrogens is 2. The summed E-state index contributed by atoms with van der Waals surface area (Å²) >= 11 is 0. The van der Waals surface area contributed by atoms with Crippen molar-refractivity contribution >= 4 is 22.6 Å². The molecule has 0 spiro atoms. The second-order valence-corrected chi connectivity index (χ2v) is 6.05. The van der Waals surface area contributed by atoms with Gasteiger partial charge in [0.2, 0.25) is 5.91 Å². The Morgan fingerprint density at radius 3 is 3.00 bits per heavy atom. The van der Waals surface area contributed by atoms with Crippen LogP contribution in [0.15, 0.2) is 24.5 Å². The van der Waals surface area contributed by atoms with E-state index in [-0.39, 0.29) is 11.9 Å². The van der Waals surface area contributed by atoms with E-state index in [9.17, 15) is 4.79 Å². The van der Waals surface area contributed by atoms with Crippen molar-refractivity contribution in [1.29, 1.82) is 0 Å². The van der Waals surface area contributed by atoms with Gasteiger partial charge < -0.3 is 16.0 Å². The molecule has 1 fully saturated rings. The molecule has 1 aromatic carbocycles. The van der Waals surface area contributed by atoms with Gasteiger partial charge in [0, 0.05) is 25.0 Å². The number of carbonyl (C=O) groups is 1. The van der Waals surface area contributed by atoms with Crippen molar-refractivity contribution in [3.8, 4) is 0 Å². The predicted octanol–water partition coefficient (Wildman–Crippen LogP) is 1.17. The molecule has 2 heterocycles. The highest BCUT2D eigenvalue weighted by atomic mass is 16.2. The quantitative estimate of drug-likeness (QED) is 0.888. The molecule has 0 radical (unpaired) electrons. The van der Waals surface area contributed by atoms with E-state index < -0.39 is 0 Å². The van der Waals surface area contributed by atoms with E-state index in [1.54, 1.807) is 0 Å². The Morgan fingerprint density at radius 1 is 1.41 bits per heavy atom. The van der Waals surface area contributed by atoms with E-state index in [4.69, 9.17) is 5.73 Å². The van der Waals surface area contributed by atoms with Gasteiger partial charge in [-0.05, 0) is 23.6 Å². The van der Waals surface area contributed by atoms with Crippen LogP contribution in [0.25, 0.3) is 10.9 Å². The number of nitrogens with one attached hydrogen (secondary N) is 1. The summed E-state index contributed by atoms with van der Waals surface area (Å²) in [5.74, 6) is 0.942. The Labute approximate surface area is 129 Å². The highest BCUT2D eigenvalue weighted by molar-refractivity contribution is 5.88. The van der Waals surface area contributed by atoms with Gasteiger partial charge in [-0.3, -0.25) is 4.79 Å². The molecule has 6 heteroatoms. The lowest BCUT2D eigenvalue weighted by molar-refractivity contribution is -0.137. The number of fused-ring (bicyclic) bond motifs is 1. The van der Waals surface area contributed by atoms with Crippen molar-refractivity contribution in [3.63, 3.8) is 0 Å². The number of carbonyl (C=O) groups excluding carboxylic acids is 1. The van der Waals surface area contributed by atoms with Crippen LogP contribution in [0.3, 0.4) is 0 Å². The zero-order chi connectivity index (χ0) is 15.7. The Kier molecular flexibility index (Phi) is 3.94. The number of nitrogens with zero attached hydrogens (tertiary/aromatic N) is 3. The molecule has 2 aromatic rings. The van der Waals surface area contributed by atoms with Crippen molar-refractivity contribution < 1.29 is 4.79 Å². The van der Waals surface area contributed by atoms with Crippen LogP contribution in [0.1, 0.15) is 19.4 Å². The van der Waals surface area contributed by atoms with E-state index in [0.29, 0.717) is 18.3 Å². The van der Waals surface area contributed by atoms with Gasteiger partial charge in [0.15, 0.2) is 0 Å². The summed E-state index contributed by atoms with van der Waals surface area (Å²) in [4.78, 5) is 22.7. The van der Waals surface area contributed by atoms with Crippen molar-refractivity contribution in [2.24, 2.45) is 5.92 Å². The molecule has 6 nitrogen and oxygen atoms in total.